The van der Waals surface area contributed by atoms with Crippen molar-refractivity contribution >= 4 is 28.5 Å². The number of benzene rings is 1. The molecule has 3 aromatic rings. The standard InChI is InChI=1S/C18H12F3N3OS/c19-18(20,21)13-5-3-4-12(10-13)7-8-16(25)24-17-23-15(11-26-17)14-6-1-2-9-22-14/h1-11H,(H,23,24,25)/b8-7+. The number of anilines is 1. The maximum absolute atomic E-state index is 12.7. The molecule has 2 heterocycles. The summed E-state index contributed by atoms with van der Waals surface area (Å²) in [5.74, 6) is -0.482. The quantitative estimate of drug-likeness (QED) is 0.662. The Hall–Kier alpha value is -3.00. The molecule has 0 saturated heterocycles. The molecule has 3 rings (SSSR count). The van der Waals surface area contributed by atoms with Crippen molar-refractivity contribution in [2.24, 2.45) is 0 Å². The SMILES string of the molecule is O=C(/C=C/c1cccc(C(F)(F)F)c1)Nc1nc(-c2ccccn2)cs1. The molecule has 0 saturated carbocycles. The molecule has 132 valence electrons. The van der Waals surface area contributed by atoms with Crippen molar-refractivity contribution in [1.82, 2.24) is 9.97 Å². The summed E-state index contributed by atoms with van der Waals surface area (Å²) in [4.78, 5) is 20.4. The van der Waals surface area contributed by atoms with Gasteiger partial charge in [-0.3, -0.25) is 15.1 Å². The molecule has 0 unspecified atom stereocenters. The van der Waals surface area contributed by atoms with E-state index in [1.54, 1.807) is 23.7 Å². The number of pyridine rings is 1. The summed E-state index contributed by atoms with van der Waals surface area (Å²) in [5.41, 5.74) is 0.833. The van der Waals surface area contributed by atoms with Gasteiger partial charge in [-0.15, -0.1) is 11.3 Å². The van der Waals surface area contributed by atoms with Gasteiger partial charge in [-0.2, -0.15) is 13.2 Å². The zero-order chi connectivity index (χ0) is 18.6. The third-order valence-corrected chi connectivity index (χ3v) is 4.06. The number of nitrogens with zero attached hydrogens (tertiary/aromatic N) is 2. The van der Waals surface area contributed by atoms with Crippen molar-refractivity contribution in [3.8, 4) is 11.4 Å². The number of hydrogen-bond donors (Lipinski definition) is 1. The zero-order valence-electron chi connectivity index (χ0n) is 13.2. The average Bonchev–Trinajstić information content (AvgIpc) is 3.09. The third kappa shape index (κ3) is 4.54. The van der Waals surface area contributed by atoms with Crippen molar-refractivity contribution in [3.05, 3.63) is 71.2 Å². The smallest absolute Gasteiger partial charge is 0.298 e. The second-order valence-corrected chi connectivity index (χ2v) is 6.06. The van der Waals surface area contributed by atoms with E-state index in [4.69, 9.17) is 0 Å². The van der Waals surface area contributed by atoms with E-state index in [1.165, 1.54) is 29.5 Å². The number of amides is 1. The predicted octanol–water partition coefficient (Wildman–Crippen LogP) is 4.88. The van der Waals surface area contributed by atoms with E-state index in [-0.39, 0.29) is 5.56 Å². The van der Waals surface area contributed by atoms with Crippen molar-refractivity contribution in [3.63, 3.8) is 0 Å². The molecule has 0 atom stereocenters. The Morgan fingerprint density at radius 2 is 1.96 bits per heavy atom. The molecule has 4 nitrogen and oxygen atoms in total. The molecule has 26 heavy (non-hydrogen) atoms. The van der Waals surface area contributed by atoms with Gasteiger partial charge in [-0.1, -0.05) is 18.2 Å². The highest BCUT2D eigenvalue weighted by atomic mass is 32.1. The van der Waals surface area contributed by atoms with Gasteiger partial charge in [-0.25, -0.2) is 4.98 Å². The van der Waals surface area contributed by atoms with Gasteiger partial charge in [0, 0.05) is 17.7 Å². The van der Waals surface area contributed by atoms with Crippen LogP contribution in [-0.2, 0) is 11.0 Å². The first-order valence-electron chi connectivity index (χ1n) is 7.45. The zero-order valence-corrected chi connectivity index (χ0v) is 14.0. The maximum atomic E-state index is 12.7. The number of carbonyl (C=O) groups excluding carboxylic acids is 1. The number of rotatable bonds is 4. The molecule has 0 fully saturated rings. The summed E-state index contributed by atoms with van der Waals surface area (Å²) in [5, 5.41) is 4.72. The highest BCUT2D eigenvalue weighted by Crippen LogP contribution is 2.29. The molecule has 0 aliphatic carbocycles. The van der Waals surface area contributed by atoms with Crippen LogP contribution in [0.2, 0.25) is 0 Å². The van der Waals surface area contributed by atoms with Gasteiger partial charge in [-0.05, 0) is 35.9 Å². The number of aromatic nitrogens is 2. The molecule has 0 aliphatic heterocycles. The van der Waals surface area contributed by atoms with Crippen LogP contribution in [0.3, 0.4) is 0 Å². The molecule has 1 amide bonds. The topological polar surface area (TPSA) is 54.9 Å². The van der Waals surface area contributed by atoms with Crippen LogP contribution in [0.25, 0.3) is 17.5 Å². The van der Waals surface area contributed by atoms with E-state index in [9.17, 15) is 18.0 Å². The van der Waals surface area contributed by atoms with Crippen LogP contribution < -0.4 is 5.32 Å². The minimum absolute atomic E-state index is 0.281. The number of halogens is 3. The first-order chi connectivity index (χ1) is 12.4. The average molecular weight is 375 g/mol. The lowest BCUT2D eigenvalue weighted by atomic mass is 10.1. The van der Waals surface area contributed by atoms with Gasteiger partial charge in [0.15, 0.2) is 5.13 Å². The van der Waals surface area contributed by atoms with Crippen molar-refractivity contribution in [2.45, 2.75) is 6.18 Å². The Kier molecular flexibility index (Phi) is 5.13. The fourth-order valence-corrected chi connectivity index (χ4v) is 2.81. The summed E-state index contributed by atoms with van der Waals surface area (Å²) in [6, 6.07) is 10.2. The normalized spacial score (nSPS) is 11.7. The minimum atomic E-state index is -4.42. The number of nitrogens with one attached hydrogen (secondary N) is 1. The minimum Gasteiger partial charge on any atom is -0.298 e. The molecule has 1 aromatic carbocycles. The van der Waals surface area contributed by atoms with Crippen LogP contribution in [0.5, 0.6) is 0 Å². The third-order valence-electron chi connectivity index (χ3n) is 3.30. The molecule has 2 aromatic heterocycles. The van der Waals surface area contributed by atoms with Gasteiger partial charge < -0.3 is 0 Å². The van der Waals surface area contributed by atoms with Crippen LogP contribution >= 0.6 is 11.3 Å². The number of thiazole rings is 1. The summed E-state index contributed by atoms with van der Waals surface area (Å²) in [6.45, 7) is 0. The number of hydrogen-bond acceptors (Lipinski definition) is 4. The molecule has 1 N–H and O–H groups in total. The Bertz CT molecular complexity index is 936. The summed E-state index contributed by atoms with van der Waals surface area (Å²) in [7, 11) is 0. The molecule has 0 aliphatic rings. The Morgan fingerprint density at radius 3 is 2.69 bits per heavy atom. The second-order valence-electron chi connectivity index (χ2n) is 5.20. The van der Waals surface area contributed by atoms with E-state index in [0.29, 0.717) is 16.5 Å². The van der Waals surface area contributed by atoms with Crippen molar-refractivity contribution < 1.29 is 18.0 Å². The van der Waals surface area contributed by atoms with Crippen molar-refractivity contribution in [2.75, 3.05) is 5.32 Å². The predicted molar refractivity (Wildman–Crippen MR) is 94.5 cm³/mol. The van der Waals surface area contributed by atoms with Gasteiger partial charge >= 0.3 is 6.18 Å². The first-order valence-corrected chi connectivity index (χ1v) is 8.33. The largest absolute Gasteiger partial charge is 0.416 e. The fourth-order valence-electron chi connectivity index (χ4n) is 2.10. The van der Waals surface area contributed by atoms with Crippen LogP contribution in [0.4, 0.5) is 18.3 Å². The van der Waals surface area contributed by atoms with Crippen LogP contribution in [0.15, 0.2) is 60.1 Å². The van der Waals surface area contributed by atoms with Crippen LogP contribution in [0.1, 0.15) is 11.1 Å². The number of alkyl halides is 3. The van der Waals surface area contributed by atoms with E-state index in [2.05, 4.69) is 15.3 Å². The monoisotopic (exact) mass is 375 g/mol. The van der Waals surface area contributed by atoms with Gasteiger partial charge in [0.1, 0.15) is 5.69 Å². The number of carbonyl (C=O) groups is 1. The molecule has 0 radical (unpaired) electrons. The lowest BCUT2D eigenvalue weighted by Gasteiger charge is -2.06. The summed E-state index contributed by atoms with van der Waals surface area (Å²) >= 11 is 1.23. The fraction of sp³-hybridized carbons (Fsp3) is 0.0556. The first kappa shape index (κ1) is 17.8. The Morgan fingerprint density at radius 1 is 1.12 bits per heavy atom. The van der Waals surface area contributed by atoms with Gasteiger partial charge in [0.05, 0.1) is 11.3 Å². The molecule has 8 heteroatoms. The van der Waals surface area contributed by atoms with Crippen LogP contribution in [-0.4, -0.2) is 15.9 Å². The van der Waals surface area contributed by atoms with Crippen molar-refractivity contribution in [1.29, 1.82) is 0 Å². The lowest BCUT2D eigenvalue weighted by molar-refractivity contribution is -0.137. The summed E-state index contributed by atoms with van der Waals surface area (Å²) in [6.07, 6.45) is -0.297. The summed E-state index contributed by atoms with van der Waals surface area (Å²) < 4.78 is 38.0. The highest BCUT2D eigenvalue weighted by Gasteiger charge is 2.30. The molecule has 0 bridgehead atoms. The lowest BCUT2D eigenvalue weighted by Crippen LogP contribution is -2.07. The Balaban J connectivity index is 1.66. The molecular formula is C18H12F3N3OS. The second kappa shape index (κ2) is 7.49. The molecule has 0 spiro atoms. The van der Waals surface area contributed by atoms with E-state index >= 15 is 0 Å². The highest BCUT2D eigenvalue weighted by molar-refractivity contribution is 7.14. The molecular weight excluding hydrogens is 363 g/mol. The maximum Gasteiger partial charge on any atom is 0.416 e. The van der Waals surface area contributed by atoms with E-state index in [0.717, 1.165) is 18.2 Å². The van der Waals surface area contributed by atoms with Crippen LogP contribution in [0, 0.1) is 0 Å². The van der Waals surface area contributed by atoms with E-state index in [1.807, 2.05) is 6.07 Å². The van der Waals surface area contributed by atoms with Gasteiger partial charge in [0.2, 0.25) is 5.91 Å². The van der Waals surface area contributed by atoms with E-state index < -0.39 is 17.6 Å². The van der Waals surface area contributed by atoms with Gasteiger partial charge in [0.25, 0.3) is 0 Å². The Labute approximate surface area is 151 Å².